The SMILES string of the molecule is COc1cc(CN(C)C(=O)CSc2nnnn2C)ccc1OC(F)F. The molecular weight excluding hydrogens is 356 g/mol. The van der Waals surface area contributed by atoms with Crippen LogP contribution in [0.4, 0.5) is 8.78 Å². The van der Waals surface area contributed by atoms with Crippen LogP contribution in [0.1, 0.15) is 5.56 Å². The number of benzene rings is 1. The second-order valence-electron chi connectivity index (χ2n) is 4.99. The van der Waals surface area contributed by atoms with Crippen molar-refractivity contribution in [3.63, 3.8) is 0 Å². The van der Waals surface area contributed by atoms with Crippen LogP contribution in [0.3, 0.4) is 0 Å². The van der Waals surface area contributed by atoms with Crippen LogP contribution in [-0.2, 0) is 18.4 Å². The normalized spacial score (nSPS) is 10.8. The van der Waals surface area contributed by atoms with E-state index in [9.17, 15) is 13.6 Å². The minimum Gasteiger partial charge on any atom is -0.493 e. The number of aromatic nitrogens is 4. The van der Waals surface area contributed by atoms with E-state index in [1.54, 1.807) is 26.2 Å². The van der Waals surface area contributed by atoms with Crippen LogP contribution in [0.2, 0.25) is 0 Å². The highest BCUT2D eigenvalue weighted by molar-refractivity contribution is 7.99. The number of alkyl halides is 2. The molecule has 2 rings (SSSR count). The van der Waals surface area contributed by atoms with Crippen molar-refractivity contribution in [2.75, 3.05) is 19.9 Å². The number of carbonyl (C=O) groups excluding carboxylic acids is 1. The molecule has 1 aromatic carbocycles. The van der Waals surface area contributed by atoms with Gasteiger partial charge in [-0.3, -0.25) is 4.79 Å². The number of rotatable bonds is 8. The summed E-state index contributed by atoms with van der Waals surface area (Å²) in [6, 6.07) is 4.55. The number of amides is 1. The Hall–Kier alpha value is -2.43. The van der Waals surface area contributed by atoms with Crippen LogP contribution < -0.4 is 9.47 Å². The van der Waals surface area contributed by atoms with E-state index in [0.717, 1.165) is 5.56 Å². The molecule has 2 aromatic rings. The summed E-state index contributed by atoms with van der Waals surface area (Å²) >= 11 is 1.23. The standard InChI is InChI=1S/C14H17F2N5O3S/c1-20(12(22)8-25-14-17-18-19-21(14)2)7-9-4-5-10(24-13(15)16)11(6-9)23-3/h4-6,13H,7-8H2,1-3H3. The third-order valence-electron chi connectivity index (χ3n) is 3.20. The van der Waals surface area contributed by atoms with E-state index >= 15 is 0 Å². The zero-order valence-corrected chi connectivity index (χ0v) is 14.7. The van der Waals surface area contributed by atoms with Gasteiger partial charge in [0, 0.05) is 20.6 Å². The molecule has 0 unspecified atom stereocenters. The maximum Gasteiger partial charge on any atom is 0.387 e. The van der Waals surface area contributed by atoms with Gasteiger partial charge in [0.15, 0.2) is 11.5 Å². The monoisotopic (exact) mass is 373 g/mol. The van der Waals surface area contributed by atoms with E-state index in [1.807, 2.05) is 0 Å². The van der Waals surface area contributed by atoms with E-state index < -0.39 is 6.61 Å². The second-order valence-corrected chi connectivity index (χ2v) is 5.93. The van der Waals surface area contributed by atoms with Gasteiger partial charge in [-0.2, -0.15) is 8.78 Å². The highest BCUT2D eigenvalue weighted by atomic mass is 32.2. The molecule has 0 aliphatic carbocycles. The van der Waals surface area contributed by atoms with Crippen LogP contribution >= 0.6 is 11.8 Å². The molecule has 1 aromatic heterocycles. The van der Waals surface area contributed by atoms with Crippen molar-refractivity contribution in [3.05, 3.63) is 23.8 Å². The number of hydrogen-bond donors (Lipinski definition) is 0. The Balaban J connectivity index is 1.95. The Morgan fingerprint density at radius 2 is 2.16 bits per heavy atom. The molecule has 8 nitrogen and oxygen atoms in total. The molecule has 0 spiro atoms. The number of tetrazole rings is 1. The largest absolute Gasteiger partial charge is 0.493 e. The highest BCUT2D eigenvalue weighted by Gasteiger charge is 2.15. The van der Waals surface area contributed by atoms with Gasteiger partial charge in [-0.25, -0.2) is 4.68 Å². The lowest BCUT2D eigenvalue weighted by Crippen LogP contribution is -2.28. The van der Waals surface area contributed by atoms with E-state index in [-0.39, 0.29) is 23.2 Å². The molecule has 0 radical (unpaired) electrons. The topological polar surface area (TPSA) is 82.4 Å². The summed E-state index contributed by atoms with van der Waals surface area (Å²) in [5, 5.41) is 11.5. The molecule has 0 saturated carbocycles. The van der Waals surface area contributed by atoms with Gasteiger partial charge in [0.05, 0.1) is 12.9 Å². The molecule has 0 bridgehead atoms. The number of halogens is 2. The summed E-state index contributed by atoms with van der Waals surface area (Å²) in [4.78, 5) is 13.7. The fourth-order valence-electron chi connectivity index (χ4n) is 1.95. The van der Waals surface area contributed by atoms with Crippen LogP contribution in [0.25, 0.3) is 0 Å². The molecule has 0 saturated heterocycles. The molecule has 11 heteroatoms. The number of aryl methyl sites for hydroxylation is 1. The van der Waals surface area contributed by atoms with Gasteiger partial charge in [0.25, 0.3) is 0 Å². The first kappa shape index (κ1) is 18.9. The molecule has 25 heavy (non-hydrogen) atoms. The second kappa shape index (κ2) is 8.60. The summed E-state index contributed by atoms with van der Waals surface area (Å²) < 4.78 is 35.6. The Labute approximate surface area is 147 Å². The average molecular weight is 373 g/mol. The summed E-state index contributed by atoms with van der Waals surface area (Å²) in [7, 11) is 4.69. The fraction of sp³-hybridized carbons (Fsp3) is 0.429. The average Bonchev–Trinajstić information content (AvgIpc) is 2.98. The predicted molar refractivity (Wildman–Crippen MR) is 85.6 cm³/mol. The number of hydrogen-bond acceptors (Lipinski definition) is 7. The Kier molecular flexibility index (Phi) is 6.51. The Morgan fingerprint density at radius 1 is 1.40 bits per heavy atom. The highest BCUT2D eigenvalue weighted by Crippen LogP contribution is 2.29. The minimum atomic E-state index is -2.93. The van der Waals surface area contributed by atoms with Crippen molar-refractivity contribution in [1.82, 2.24) is 25.1 Å². The van der Waals surface area contributed by atoms with Crippen molar-refractivity contribution in [2.45, 2.75) is 18.3 Å². The van der Waals surface area contributed by atoms with Gasteiger partial charge in [0.2, 0.25) is 11.1 Å². The van der Waals surface area contributed by atoms with E-state index in [4.69, 9.17) is 4.74 Å². The molecule has 0 aliphatic heterocycles. The van der Waals surface area contributed by atoms with Crippen LogP contribution in [0.15, 0.2) is 23.4 Å². The van der Waals surface area contributed by atoms with E-state index in [2.05, 4.69) is 20.3 Å². The summed E-state index contributed by atoms with van der Waals surface area (Å²) in [5.74, 6) is 0.174. The quantitative estimate of drug-likeness (QED) is 0.650. The van der Waals surface area contributed by atoms with Gasteiger partial charge in [-0.05, 0) is 28.1 Å². The van der Waals surface area contributed by atoms with Gasteiger partial charge in [-0.15, -0.1) is 5.10 Å². The molecular formula is C14H17F2N5O3S. The van der Waals surface area contributed by atoms with Gasteiger partial charge in [0.1, 0.15) is 0 Å². The zero-order valence-electron chi connectivity index (χ0n) is 13.8. The minimum absolute atomic E-state index is 0.0550. The first-order valence-corrected chi connectivity index (χ1v) is 8.10. The number of ether oxygens (including phenoxy) is 2. The number of nitrogens with zero attached hydrogens (tertiary/aromatic N) is 5. The summed E-state index contributed by atoms with van der Waals surface area (Å²) in [5.41, 5.74) is 0.722. The van der Waals surface area contributed by atoms with Crippen molar-refractivity contribution in [3.8, 4) is 11.5 Å². The number of methoxy groups -OCH3 is 1. The van der Waals surface area contributed by atoms with E-state index in [1.165, 1.54) is 34.5 Å². The Bertz CT molecular complexity index is 728. The van der Waals surface area contributed by atoms with Crippen molar-refractivity contribution < 1.29 is 23.0 Å². The van der Waals surface area contributed by atoms with E-state index in [0.29, 0.717) is 11.7 Å². The Morgan fingerprint density at radius 3 is 2.76 bits per heavy atom. The molecule has 1 heterocycles. The third kappa shape index (κ3) is 5.28. The first-order chi connectivity index (χ1) is 11.9. The molecule has 136 valence electrons. The number of carbonyl (C=O) groups is 1. The molecule has 0 aliphatic rings. The van der Waals surface area contributed by atoms with Crippen molar-refractivity contribution in [1.29, 1.82) is 0 Å². The van der Waals surface area contributed by atoms with Gasteiger partial charge in [-0.1, -0.05) is 17.8 Å². The third-order valence-corrected chi connectivity index (χ3v) is 4.19. The molecule has 0 fully saturated rings. The molecule has 1 amide bonds. The maximum atomic E-state index is 12.3. The fourth-order valence-corrected chi connectivity index (χ4v) is 2.74. The lowest BCUT2D eigenvalue weighted by atomic mass is 10.2. The maximum absolute atomic E-state index is 12.3. The van der Waals surface area contributed by atoms with Crippen molar-refractivity contribution in [2.24, 2.45) is 7.05 Å². The van der Waals surface area contributed by atoms with Crippen LogP contribution in [-0.4, -0.2) is 57.5 Å². The predicted octanol–water partition coefficient (Wildman–Crippen LogP) is 1.57. The smallest absolute Gasteiger partial charge is 0.387 e. The lowest BCUT2D eigenvalue weighted by molar-refractivity contribution is -0.127. The number of thioether (sulfide) groups is 1. The molecule has 0 N–H and O–H groups in total. The molecule has 0 atom stereocenters. The lowest BCUT2D eigenvalue weighted by Gasteiger charge is -2.18. The summed E-state index contributed by atoms with van der Waals surface area (Å²) in [6.07, 6.45) is 0. The van der Waals surface area contributed by atoms with Gasteiger partial charge < -0.3 is 14.4 Å². The van der Waals surface area contributed by atoms with Crippen LogP contribution in [0, 0.1) is 0 Å². The summed E-state index contributed by atoms with van der Waals surface area (Å²) in [6.45, 7) is -2.64. The zero-order chi connectivity index (χ0) is 18.4. The van der Waals surface area contributed by atoms with Gasteiger partial charge >= 0.3 is 6.61 Å². The van der Waals surface area contributed by atoms with Crippen molar-refractivity contribution >= 4 is 17.7 Å². The first-order valence-electron chi connectivity index (χ1n) is 7.11. The van der Waals surface area contributed by atoms with Crippen LogP contribution in [0.5, 0.6) is 11.5 Å².